The maximum atomic E-state index is 13.3. The number of nitrogens with zero attached hydrogens (tertiary/aromatic N) is 4. The molecule has 2 saturated heterocycles. The molecule has 0 atom stereocenters. The van der Waals surface area contributed by atoms with Crippen LogP contribution in [0.3, 0.4) is 0 Å². The molecule has 3 aromatic rings. The number of para-hydroxylation sites is 1. The molecule has 0 saturated carbocycles. The highest BCUT2D eigenvalue weighted by Crippen LogP contribution is 2.35. The molecule has 1 amide bonds. The van der Waals surface area contributed by atoms with E-state index < -0.39 is 16.0 Å². The third-order valence-corrected chi connectivity index (χ3v) is 9.46. The molecule has 0 aliphatic carbocycles. The van der Waals surface area contributed by atoms with E-state index >= 15 is 0 Å². The monoisotopic (exact) mass is 584 g/mol. The van der Waals surface area contributed by atoms with Crippen LogP contribution in [-0.4, -0.2) is 81.6 Å². The number of ether oxygens (including phenoxy) is 1. The number of hydrogen-bond acceptors (Lipinski definition) is 8. The Kier molecular flexibility index (Phi) is 7.96. The zero-order valence-corrected chi connectivity index (χ0v) is 23.0. The molecule has 1 aromatic heterocycles. The van der Waals surface area contributed by atoms with Crippen molar-refractivity contribution in [3.63, 3.8) is 0 Å². The largest absolute Gasteiger partial charge is 0.481 e. The molecule has 2 fully saturated rings. The van der Waals surface area contributed by atoms with Crippen molar-refractivity contribution in [2.45, 2.75) is 11.3 Å². The summed E-state index contributed by atoms with van der Waals surface area (Å²) in [5.74, 6) is -1.40. The fraction of sp³-hybridized carbons (Fsp3) is 0.231. The van der Waals surface area contributed by atoms with Crippen LogP contribution >= 0.6 is 24.0 Å². The van der Waals surface area contributed by atoms with E-state index in [1.54, 1.807) is 41.2 Å². The Morgan fingerprint density at radius 3 is 2.59 bits per heavy atom. The van der Waals surface area contributed by atoms with E-state index in [0.717, 1.165) is 17.4 Å². The Hall–Kier alpha value is -3.36. The molecule has 1 N–H and O–H groups in total. The Morgan fingerprint density at radius 1 is 1.13 bits per heavy atom. The molecule has 13 heteroatoms. The molecular weight excluding hydrogens is 561 g/mol. The summed E-state index contributed by atoms with van der Waals surface area (Å²) in [7, 11) is -3.74. The Balaban J connectivity index is 1.55. The van der Waals surface area contributed by atoms with Crippen LogP contribution in [0.25, 0.3) is 23.0 Å². The first kappa shape index (κ1) is 27.2. The molecule has 10 nitrogen and oxygen atoms in total. The zero-order valence-electron chi connectivity index (χ0n) is 20.6. The minimum absolute atomic E-state index is 0.0189. The van der Waals surface area contributed by atoms with E-state index in [0.29, 0.717) is 34.9 Å². The van der Waals surface area contributed by atoms with Crippen molar-refractivity contribution >= 4 is 56.3 Å². The summed E-state index contributed by atoms with van der Waals surface area (Å²) in [6.45, 7) is 1.23. The minimum atomic E-state index is -3.74. The average molecular weight is 585 g/mol. The average Bonchev–Trinajstić information content (AvgIpc) is 3.48. The van der Waals surface area contributed by atoms with Gasteiger partial charge in [0.25, 0.3) is 5.91 Å². The number of amides is 1. The molecule has 202 valence electrons. The van der Waals surface area contributed by atoms with Crippen LogP contribution in [0.15, 0.2) is 70.6 Å². The minimum Gasteiger partial charge on any atom is -0.481 e. The fourth-order valence-electron chi connectivity index (χ4n) is 4.21. The van der Waals surface area contributed by atoms with Crippen molar-refractivity contribution in [3.8, 4) is 16.9 Å². The van der Waals surface area contributed by atoms with Gasteiger partial charge in [0.1, 0.15) is 10.0 Å². The molecule has 2 aromatic carbocycles. The summed E-state index contributed by atoms with van der Waals surface area (Å²) in [6.07, 6.45) is 3.20. The molecule has 0 spiro atoms. The van der Waals surface area contributed by atoms with Crippen LogP contribution in [0, 0.1) is 0 Å². The zero-order chi connectivity index (χ0) is 27.6. The SMILES string of the molecule is O=C(O)CCN1C(=O)C(=Cc2cn(-c3ccccc3)nc2-c2cccc(S(=O)(=O)N3CCOCC3)c2)SC1=S. The molecule has 2 aliphatic rings. The van der Waals surface area contributed by atoms with Gasteiger partial charge in [-0.25, -0.2) is 13.1 Å². The van der Waals surface area contributed by atoms with Gasteiger partial charge in [0.15, 0.2) is 0 Å². The number of carboxylic acid groups (broad SMARTS) is 1. The topological polar surface area (TPSA) is 122 Å². The molecule has 3 heterocycles. The predicted molar refractivity (Wildman–Crippen MR) is 151 cm³/mol. The summed E-state index contributed by atoms with van der Waals surface area (Å²) in [5.41, 5.74) is 2.41. The predicted octanol–water partition coefficient (Wildman–Crippen LogP) is 3.24. The number of rotatable bonds is 8. The van der Waals surface area contributed by atoms with Crippen LogP contribution in [0.2, 0.25) is 0 Å². The molecule has 5 rings (SSSR count). The first-order valence-corrected chi connectivity index (χ1v) is 14.7. The summed E-state index contributed by atoms with van der Waals surface area (Å²) in [6, 6.07) is 16.0. The van der Waals surface area contributed by atoms with E-state index in [9.17, 15) is 18.0 Å². The van der Waals surface area contributed by atoms with Gasteiger partial charge in [0, 0.05) is 37.0 Å². The quantitative estimate of drug-likeness (QED) is 0.314. The van der Waals surface area contributed by atoms with E-state index in [-0.39, 0.29) is 41.2 Å². The highest BCUT2D eigenvalue weighted by atomic mass is 32.2. The van der Waals surface area contributed by atoms with Gasteiger partial charge >= 0.3 is 5.97 Å². The second-order valence-corrected chi connectivity index (χ2v) is 12.3. The van der Waals surface area contributed by atoms with Gasteiger partial charge in [0.2, 0.25) is 10.0 Å². The number of aliphatic carboxylic acids is 1. The number of carbonyl (C=O) groups is 2. The van der Waals surface area contributed by atoms with Crippen molar-refractivity contribution in [1.29, 1.82) is 0 Å². The summed E-state index contributed by atoms with van der Waals surface area (Å²) < 4.78 is 35.3. The smallest absolute Gasteiger partial charge is 0.305 e. The molecular formula is C26H24N4O6S3. The van der Waals surface area contributed by atoms with E-state index in [4.69, 9.17) is 27.2 Å². The number of aromatic nitrogens is 2. The van der Waals surface area contributed by atoms with Crippen molar-refractivity contribution < 1.29 is 27.9 Å². The second-order valence-electron chi connectivity index (χ2n) is 8.73. The van der Waals surface area contributed by atoms with Gasteiger partial charge in [-0.05, 0) is 30.3 Å². The highest BCUT2D eigenvalue weighted by Gasteiger charge is 2.33. The van der Waals surface area contributed by atoms with Crippen LogP contribution < -0.4 is 0 Å². The third kappa shape index (κ3) is 5.82. The van der Waals surface area contributed by atoms with Gasteiger partial charge in [0.05, 0.1) is 35.1 Å². The molecule has 0 bridgehead atoms. The number of benzene rings is 2. The van der Waals surface area contributed by atoms with Crippen LogP contribution in [0.1, 0.15) is 12.0 Å². The lowest BCUT2D eigenvalue weighted by molar-refractivity contribution is -0.137. The number of carboxylic acids is 1. The van der Waals surface area contributed by atoms with Gasteiger partial charge < -0.3 is 9.84 Å². The van der Waals surface area contributed by atoms with Gasteiger partial charge in [-0.3, -0.25) is 14.5 Å². The molecule has 2 aliphatic heterocycles. The third-order valence-electron chi connectivity index (χ3n) is 6.19. The number of sulfonamides is 1. The maximum absolute atomic E-state index is 13.3. The van der Waals surface area contributed by atoms with Crippen molar-refractivity contribution in [1.82, 2.24) is 19.0 Å². The number of morpholine rings is 1. The van der Waals surface area contributed by atoms with Crippen LogP contribution in [0.4, 0.5) is 0 Å². The van der Waals surface area contributed by atoms with E-state index in [1.165, 1.54) is 9.21 Å². The first-order chi connectivity index (χ1) is 18.7. The van der Waals surface area contributed by atoms with Crippen molar-refractivity contribution in [2.75, 3.05) is 32.8 Å². The van der Waals surface area contributed by atoms with Crippen LogP contribution in [0.5, 0.6) is 0 Å². The van der Waals surface area contributed by atoms with Crippen molar-refractivity contribution in [3.05, 3.63) is 71.3 Å². The summed E-state index contributed by atoms with van der Waals surface area (Å²) in [4.78, 5) is 25.8. The Morgan fingerprint density at radius 2 is 1.87 bits per heavy atom. The number of hydrogen-bond donors (Lipinski definition) is 1. The normalized spacial score (nSPS) is 17.7. The fourth-order valence-corrected chi connectivity index (χ4v) is 6.97. The summed E-state index contributed by atoms with van der Waals surface area (Å²) >= 11 is 6.41. The Labute approximate surface area is 234 Å². The first-order valence-electron chi connectivity index (χ1n) is 12.0. The van der Waals surface area contributed by atoms with E-state index in [2.05, 4.69) is 0 Å². The van der Waals surface area contributed by atoms with E-state index in [1.807, 2.05) is 30.3 Å². The molecule has 0 radical (unpaired) electrons. The van der Waals surface area contributed by atoms with Crippen molar-refractivity contribution in [2.24, 2.45) is 0 Å². The highest BCUT2D eigenvalue weighted by molar-refractivity contribution is 8.26. The standard InChI is InChI=1S/C26H24N4O6S3/c31-23(32)9-10-29-25(33)22(38-26(29)37)16-19-17-30(20-6-2-1-3-7-20)27-24(19)18-5-4-8-21(15-18)39(34,35)28-11-13-36-14-12-28/h1-8,15-17H,9-14H2,(H,31,32). The lowest BCUT2D eigenvalue weighted by Crippen LogP contribution is -2.40. The van der Waals surface area contributed by atoms with Gasteiger partial charge in [-0.2, -0.15) is 9.40 Å². The van der Waals surface area contributed by atoms with Gasteiger partial charge in [-0.15, -0.1) is 0 Å². The van der Waals surface area contributed by atoms with Crippen LogP contribution in [-0.2, 0) is 24.3 Å². The van der Waals surface area contributed by atoms with Gasteiger partial charge in [-0.1, -0.05) is 54.3 Å². The second kappa shape index (κ2) is 11.4. The maximum Gasteiger partial charge on any atom is 0.305 e. The summed E-state index contributed by atoms with van der Waals surface area (Å²) in [5, 5.41) is 13.8. The Bertz CT molecular complexity index is 1560. The number of thiocarbonyl (C=S) groups is 1. The lowest BCUT2D eigenvalue weighted by atomic mass is 10.1. The molecule has 0 unspecified atom stereocenters. The number of carbonyl (C=O) groups excluding carboxylic acids is 1. The molecule has 39 heavy (non-hydrogen) atoms. The lowest BCUT2D eigenvalue weighted by Gasteiger charge is -2.26. The number of thioether (sulfide) groups is 1.